The van der Waals surface area contributed by atoms with Crippen molar-refractivity contribution in [3.8, 4) is 0 Å². The molecule has 0 aromatic rings. The summed E-state index contributed by atoms with van der Waals surface area (Å²) in [6, 6.07) is 0. The maximum absolute atomic E-state index is 11.9. The Hall–Kier alpha value is -1.99. The average Bonchev–Trinajstić information content (AvgIpc) is 2.58. The molecule has 0 heterocycles. The van der Waals surface area contributed by atoms with Crippen molar-refractivity contribution in [3.05, 3.63) is 0 Å². The number of thioether (sulfide) groups is 2. The number of hydrogen-bond acceptors (Lipinski definition) is 8. The van der Waals surface area contributed by atoms with Crippen LogP contribution < -0.4 is 21.3 Å². The predicted molar refractivity (Wildman–Crippen MR) is 101 cm³/mol. The van der Waals surface area contributed by atoms with Gasteiger partial charge in [0, 0.05) is 31.9 Å². The molecule has 5 N–H and O–H groups in total. The van der Waals surface area contributed by atoms with E-state index in [0.717, 1.165) is 0 Å². The first-order valence-corrected chi connectivity index (χ1v) is 10.1. The lowest BCUT2D eigenvalue weighted by Gasteiger charge is -2.18. The Morgan fingerprint density at radius 3 is 2.07 bits per heavy atom. The van der Waals surface area contributed by atoms with Gasteiger partial charge in [-0.25, -0.2) is 4.79 Å². The summed E-state index contributed by atoms with van der Waals surface area (Å²) in [7, 11) is 0. The van der Waals surface area contributed by atoms with Crippen LogP contribution in [-0.2, 0) is 28.7 Å². The van der Waals surface area contributed by atoms with E-state index < -0.39 is 30.6 Å². The van der Waals surface area contributed by atoms with Gasteiger partial charge in [-0.05, 0) is 0 Å². The van der Waals surface area contributed by atoms with Crippen LogP contribution >= 0.6 is 23.5 Å². The predicted octanol–water partition coefficient (Wildman–Crippen LogP) is -1.70. The number of ether oxygens (including phenoxy) is 1. The molecule has 1 unspecified atom stereocenters. The molecule has 0 bridgehead atoms. The Morgan fingerprint density at radius 1 is 0.926 bits per heavy atom. The maximum Gasteiger partial charge on any atom is 0.329 e. The van der Waals surface area contributed by atoms with Crippen molar-refractivity contribution in [1.29, 1.82) is 0 Å². The van der Waals surface area contributed by atoms with Crippen LogP contribution in [0.1, 0.15) is 13.8 Å². The molecule has 1 atom stereocenters. The lowest BCUT2D eigenvalue weighted by Crippen LogP contribution is -2.47. The van der Waals surface area contributed by atoms with Crippen molar-refractivity contribution >= 4 is 53.1 Å². The molecule has 0 aliphatic rings. The zero-order valence-electron chi connectivity index (χ0n) is 15.0. The second kappa shape index (κ2) is 15.1. The zero-order chi connectivity index (χ0) is 20.7. The van der Waals surface area contributed by atoms with Gasteiger partial charge in [0.1, 0.15) is 12.8 Å². The van der Waals surface area contributed by atoms with Crippen LogP contribution in [0, 0.1) is 0 Å². The third kappa shape index (κ3) is 15.9. The number of carboxylic acid groups (broad SMARTS) is 1. The number of carbonyl (C=O) groups is 5. The number of rotatable bonds is 13. The molecule has 0 radical (unpaired) electrons. The highest BCUT2D eigenvalue weighted by Gasteiger charge is 2.19. The molecule has 0 aromatic carbocycles. The summed E-state index contributed by atoms with van der Waals surface area (Å²) in [4.78, 5) is 55.7. The third-order valence-electron chi connectivity index (χ3n) is 2.55. The van der Waals surface area contributed by atoms with E-state index in [1.54, 1.807) is 0 Å². The maximum atomic E-state index is 11.9. The Morgan fingerprint density at radius 2 is 1.52 bits per heavy atom. The van der Waals surface area contributed by atoms with E-state index in [0.29, 0.717) is 11.6 Å². The Bertz CT molecular complexity index is 534. The van der Waals surface area contributed by atoms with E-state index in [1.165, 1.54) is 37.4 Å². The molecule has 11 nitrogen and oxygen atoms in total. The molecule has 13 heteroatoms. The lowest BCUT2D eigenvalue weighted by atomic mass is 10.5. The summed E-state index contributed by atoms with van der Waals surface area (Å²) in [5.74, 6) is -2.18. The summed E-state index contributed by atoms with van der Waals surface area (Å²) in [6.45, 7) is 2.31. The molecule has 0 rings (SSSR count). The highest BCUT2D eigenvalue weighted by molar-refractivity contribution is 7.99. The van der Waals surface area contributed by atoms with E-state index in [-0.39, 0.29) is 30.0 Å². The number of amides is 4. The second-order valence-electron chi connectivity index (χ2n) is 4.96. The first-order chi connectivity index (χ1) is 12.7. The minimum atomic E-state index is -1.22. The van der Waals surface area contributed by atoms with Gasteiger partial charge in [-0.2, -0.15) is 0 Å². The summed E-state index contributed by atoms with van der Waals surface area (Å²) < 4.78 is 5.02. The first-order valence-electron chi connectivity index (χ1n) is 7.78. The van der Waals surface area contributed by atoms with Crippen LogP contribution in [0.5, 0.6) is 0 Å². The highest BCUT2D eigenvalue weighted by Crippen LogP contribution is 2.03. The first kappa shape index (κ1) is 25.0. The van der Waals surface area contributed by atoms with Crippen LogP contribution in [0.25, 0.3) is 0 Å². The van der Waals surface area contributed by atoms with Gasteiger partial charge in [-0.1, -0.05) is 0 Å². The topological polar surface area (TPSA) is 163 Å². The molecule has 0 fully saturated rings. The minimum Gasteiger partial charge on any atom is -0.480 e. The van der Waals surface area contributed by atoms with Crippen LogP contribution in [0.15, 0.2) is 0 Å². The van der Waals surface area contributed by atoms with Crippen LogP contribution in [0.2, 0.25) is 0 Å². The van der Waals surface area contributed by atoms with E-state index in [1.807, 2.05) is 0 Å². The molecular weight excluding hydrogens is 400 g/mol. The number of nitrogens with one attached hydrogen (secondary N) is 4. The van der Waals surface area contributed by atoms with Crippen LogP contribution in [0.3, 0.4) is 0 Å². The van der Waals surface area contributed by atoms with Crippen LogP contribution in [-0.4, -0.2) is 77.3 Å². The molecular formula is C14H24N4O7S2. The van der Waals surface area contributed by atoms with Crippen molar-refractivity contribution in [2.24, 2.45) is 0 Å². The summed E-state index contributed by atoms with van der Waals surface area (Å²) in [5.41, 5.74) is 0. The molecule has 0 saturated heterocycles. The van der Waals surface area contributed by atoms with Gasteiger partial charge in [0.05, 0.1) is 11.8 Å². The van der Waals surface area contributed by atoms with Gasteiger partial charge in [0.2, 0.25) is 11.8 Å². The fraction of sp³-hybridized carbons (Fsp3) is 0.643. The third-order valence-corrected chi connectivity index (χ3v) is 4.28. The van der Waals surface area contributed by atoms with Crippen LogP contribution in [0.4, 0.5) is 0 Å². The number of carboxylic acids is 1. The molecule has 4 amide bonds. The van der Waals surface area contributed by atoms with Gasteiger partial charge in [0.15, 0.2) is 0 Å². The van der Waals surface area contributed by atoms with E-state index >= 15 is 0 Å². The quantitative estimate of drug-likeness (QED) is 0.132. The monoisotopic (exact) mass is 424 g/mol. The highest BCUT2D eigenvalue weighted by atomic mass is 32.2. The molecule has 0 aliphatic carbocycles. The lowest BCUT2D eigenvalue weighted by molar-refractivity contribution is -0.147. The van der Waals surface area contributed by atoms with Gasteiger partial charge in [0.25, 0.3) is 0 Å². The van der Waals surface area contributed by atoms with E-state index in [2.05, 4.69) is 21.3 Å². The smallest absolute Gasteiger partial charge is 0.329 e. The Balaban J connectivity index is 4.21. The standard InChI is InChI=1S/C14H24N4O7S2/c1-9(19)16-7-26-4-3-15-13(23)14(24)18-11(25-5-12(21)22)6-27-8-17-10(2)20/h11H,3-8H2,1-2H3,(H,15,23)(H,16,19)(H,17,20)(H,18,24)(H,21,22). The number of carbonyl (C=O) groups excluding carboxylic acids is 4. The molecule has 0 aromatic heterocycles. The van der Waals surface area contributed by atoms with Crippen molar-refractivity contribution in [3.63, 3.8) is 0 Å². The molecule has 0 saturated carbocycles. The van der Waals surface area contributed by atoms with Crippen molar-refractivity contribution in [2.45, 2.75) is 20.1 Å². The Labute approximate surface area is 165 Å². The molecule has 0 aliphatic heterocycles. The molecule has 0 spiro atoms. The Kier molecular flexibility index (Phi) is 14.0. The molecule has 27 heavy (non-hydrogen) atoms. The van der Waals surface area contributed by atoms with Crippen molar-refractivity contribution < 1.29 is 33.8 Å². The zero-order valence-corrected chi connectivity index (χ0v) is 16.7. The van der Waals surface area contributed by atoms with Gasteiger partial charge in [-0.3, -0.25) is 19.2 Å². The SMILES string of the molecule is CC(=O)NCSCCNC(=O)C(=O)NC(CSCNC(C)=O)OCC(=O)O. The summed E-state index contributed by atoms with van der Waals surface area (Å²) >= 11 is 2.56. The van der Waals surface area contributed by atoms with Gasteiger partial charge >= 0.3 is 17.8 Å². The summed E-state index contributed by atoms with van der Waals surface area (Å²) in [6.07, 6.45) is -1.01. The number of hydrogen-bond donors (Lipinski definition) is 5. The largest absolute Gasteiger partial charge is 0.480 e. The second-order valence-corrected chi connectivity index (χ2v) is 7.09. The molecule has 154 valence electrons. The average molecular weight is 425 g/mol. The number of aliphatic carboxylic acids is 1. The van der Waals surface area contributed by atoms with Gasteiger partial charge in [-0.15, -0.1) is 23.5 Å². The van der Waals surface area contributed by atoms with Gasteiger partial charge < -0.3 is 31.1 Å². The van der Waals surface area contributed by atoms with E-state index in [9.17, 15) is 24.0 Å². The normalized spacial score (nSPS) is 11.2. The minimum absolute atomic E-state index is 0.138. The fourth-order valence-corrected chi connectivity index (χ4v) is 2.89. The summed E-state index contributed by atoms with van der Waals surface area (Å²) in [5, 5.41) is 18.5. The fourth-order valence-electron chi connectivity index (χ4n) is 1.38. The van der Waals surface area contributed by atoms with Crippen molar-refractivity contribution in [2.75, 3.05) is 36.4 Å². The van der Waals surface area contributed by atoms with E-state index in [4.69, 9.17) is 9.84 Å². The van der Waals surface area contributed by atoms with Crippen molar-refractivity contribution in [1.82, 2.24) is 21.3 Å².